The van der Waals surface area contributed by atoms with E-state index >= 15 is 0 Å². The summed E-state index contributed by atoms with van der Waals surface area (Å²) in [6.07, 6.45) is 1.31. The fourth-order valence-corrected chi connectivity index (χ4v) is 2.39. The number of rotatable bonds is 4. The summed E-state index contributed by atoms with van der Waals surface area (Å²) in [4.78, 5) is 38.1. The number of benzene rings is 2. The van der Waals surface area contributed by atoms with Crippen molar-refractivity contribution in [3.63, 3.8) is 0 Å². The third-order valence-corrected chi connectivity index (χ3v) is 3.65. The zero-order valence-electron chi connectivity index (χ0n) is 13.1. The average Bonchev–Trinajstić information content (AvgIpc) is 2.62. The predicted molar refractivity (Wildman–Crippen MR) is 92.2 cm³/mol. The van der Waals surface area contributed by atoms with Crippen molar-refractivity contribution in [1.29, 1.82) is 0 Å². The molecule has 0 unspecified atom stereocenters. The number of H-pyrrole nitrogens is 1. The molecule has 3 rings (SSSR count). The Morgan fingerprint density at radius 1 is 1.24 bits per heavy atom. The predicted octanol–water partition coefficient (Wildman–Crippen LogP) is 2.70. The van der Waals surface area contributed by atoms with E-state index in [1.54, 1.807) is 12.1 Å². The number of hydrogen-bond acceptors (Lipinski definition) is 5. The van der Waals surface area contributed by atoms with Gasteiger partial charge in [0.1, 0.15) is 11.3 Å². The molecule has 0 aliphatic heterocycles. The normalized spacial score (nSPS) is 10.4. The second-order valence-electron chi connectivity index (χ2n) is 5.20. The van der Waals surface area contributed by atoms with Crippen molar-refractivity contribution >= 4 is 28.2 Å². The highest BCUT2D eigenvalue weighted by Gasteiger charge is 2.15. The van der Waals surface area contributed by atoms with Gasteiger partial charge in [0.05, 0.1) is 12.0 Å². The molecular weight excluding hydrogens is 326 g/mol. The lowest BCUT2D eigenvalue weighted by Gasteiger charge is -2.07. The van der Waals surface area contributed by atoms with E-state index in [-0.39, 0.29) is 16.9 Å². The fraction of sp³-hybridized carbons (Fsp3) is 0.0588. The van der Waals surface area contributed by atoms with E-state index in [0.717, 1.165) is 0 Å². The van der Waals surface area contributed by atoms with Gasteiger partial charge < -0.3 is 15.0 Å². The van der Waals surface area contributed by atoms with Crippen molar-refractivity contribution in [3.8, 4) is 5.75 Å². The summed E-state index contributed by atoms with van der Waals surface area (Å²) in [6, 6.07) is 10.4. The van der Waals surface area contributed by atoms with Gasteiger partial charge in [0, 0.05) is 34.9 Å². The van der Waals surface area contributed by atoms with Crippen molar-refractivity contribution < 1.29 is 14.5 Å². The van der Waals surface area contributed by atoms with Crippen LogP contribution in [0, 0.1) is 10.1 Å². The Bertz CT molecular complexity index is 1040. The van der Waals surface area contributed by atoms with Crippen LogP contribution in [-0.2, 0) is 0 Å². The van der Waals surface area contributed by atoms with Crippen molar-refractivity contribution in [2.75, 3.05) is 12.4 Å². The Morgan fingerprint density at radius 3 is 2.76 bits per heavy atom. The van der Waals surface area contributed by atoms with Crippen molar-refractivity contribution in [2.45, 2.75) is 0 Å². The van der Waals surface area contributed by atoms with Crippen LogP contribution in [0.4, 0.5) is 11.4 Å². The number of pyridine rings is 1. The molecule has 0 aliphatic rings. The lowest BCUT2D eigenvalue weighted by Crippen LogP contribution is -2.22. The Hall–Kier alpha value is -3.68. The molecule has 0 fully saturated rings. The Kier molecular flexibility index (Phi) is 4.17. The fourth-order valence-electron chi connectivity index (χ4n) is 2.39. The Balaban J connectivity index is 1.97. The van der Waals surface area contributed by atoms with Crippen LogP contribution in [0.25, 0.3) is 10.9 Å². The standard InChI is InChI=1S/C17H13N3O5/c1-25-12-5-6-15-13(8-12)16(21)14(9-18-15)17(22)19-10-3-2-4-11(7-10)20(23)24/h2-9H,1H3,(H,18,21)(H,19,22). The first-order valence-electron chi connectivity index (χ1n) is 7.25. The van der Waals surface area contributed by atoms with E-state index < -0.39 is 16.3 Å². The SMILES string of the molecule is COc1ccc2[nH]cc(C(=O)Nc3cccc([N+](=O)[O-])c3)c(=O)c2c1. The zero-order valence-corrected chi connectivity index (χ0v) is 13.1. The minimum Gasteiger partial charge on any atom is -0.497 e. The molecule has 0 aliphatic carbocycles. The number of nitro groups is 1. The van der Waals surface area contributed by atoms with Crippen LogP contribution in [-0.4, -0.2) is 22.9 Å². The van der Waals surface area contributed by atoms with Crippen LogP contribution in [0.3, 0.4) is 0 Å². The first-order valence-corrected chi connectivity index (χ1v) is 7.25. The van der Waals surface area contributed by atoms with Crippen LogP contribution in [0.1, 0.15) is 10.4 Å². The third-order valence-electron chi connectivity index (χ3n) is 3.65. The van der Waals surface area contributed by atoms with Gasteiger partial charge in [-0.15, -0.1) is 0 Å². The van der Waals surface area contributed by atoms with E-state index in [9.17, 15) is 19.7 Å². The smallest absolute Gasteiger partial charge is 0.271 e. The first kappa shape index (κ1) is 16.2. The molecule has 8 nitrogen and oxygen atoms in total. The van der Waals surface area contributed by atoms with Crippen molar-refractivity contribution in [1.82, 2.24) is 4.98 Å². The molecule has 0 saturated carbocycles. The maximum Gasteiger partial charge on any atom is 0.271 e. The lowest BCUT2D eigenvalue weighted by molar-refractivity contribution is -0.384. The highest BCUT2D eigenvalue weighted by atomic mass is 16.6. The van der Waals surface area contributed by atoms with Crippen LogP contribution in [0.15, 0.2) is 53.5 Å². The van der Waals surface area contributed by atoms with Gasteiger partial charge in [-0.2, -0.15) is 0 Å². The number of nitrogens with one attached hydrogen (secondary N) is 2. The molecule has 1 heterocycles. The van der Waals surface area contributed by atoms with Gasteiger partial charge in [0.15, 0.2) is 0 Å². The molecule has 8 heteroatoms. The Morgan fingerprint density at radius 2 is 2.04 bits per heavy atom. The molecule has 2 N–H and O–H groups in total. The van der Waals surface area contributed by atoms with Crippen LogP contribution in [0.5, 0.6) is 5.75 Å². The van der Waals surface area contributed by atoms with E-state index in [2.05, 4.69) is 10.3 Å². The van der Waals surface area contributed by atoms with Gasteiger partial charge in [0.25, 0.3) is 11.6 Å². The van der Waals surface area contributed by atoms with Gasteiger partial charge in [-0.05, 0) is 24.3 Å². The van der Waals surface area contributed by atoms with Crippen molar-refractivity contribution in [2.24, 2.45) is 0 Å². The van der Waals surface area contributed by atoms with Crippen molar-refractivity contribution in [3.05, 3.63) is 74.6 Å². The molecule has 3 aromatic rings. The monoisotopic (exact) mass is 339 g/mol. The summed E-state index contributed by atoms with van der Waals surface area (Å²) in [5, 5.41) is 13.6. The number of anilines is 1. The molecule has 25 heavy (non-hydrogen) atoms. The molecule has 0 spiro atoms. The van der Waals surface area contributed by atoms with Gasteiger partial charge in [-0.1, -0.05) is 6.07 Å². The number of hydrogen-bond donors (Lipinski definition) is 2. The molecule has 0 saturated heterocycles. The van der Waals surface area contributed by atoms with Gasteiger partial charge in [0.2, 0.25) is 5.43 Å². The summed E-state index contributed by atoms with van der Waals surface area (Å²) < 4.78 is 5.09. The van der Waals surface area contributed by atoms with E-state index in [1.807, 2.05) is 0 Å². The molecular formula is C17H13N3O5. The summed E-state index contributed by atoms with van der Waals surface area (Å²) in [5.74, 6) is -0.166. The van der Waals surface area contributed by atoms with E-state index in [0.29, 0.717) is 16.7 Å². The number of carbonyl (C=O) groups excluding carboxylic acids is 1. The molecule has 0 radical (unpaired) electrons. The highest BCUT2D eigenvalue weighted by Crippen LogP contribution is 2.19. The number of nitrogens with zero attached hydrogens (tertiary/aromatic N) is 1. The van der Waals surface area contributed by atoms with E-state index in [1.165, 1.54) is 43.6 Å². The number of fused-ring (bicyclic) bond motifs is 1. The number of carbonyl (C=O) groups is 1. The number of nitro benzene ring substituents is 1. The first-order chi connectivity index (χ1) is 12.0. The van der Waals surface area contributed by atoms with Crippen LogP contribution in [0.2, 0.25) is 0 Å². The lowest BCUT2D eigenvalue weighted by atomic mass is 10.1. The summed E-state index contributed by atoms with van der Waals surface area (Å²) in [7, 11) is 1.48. The second kappa shape index (κ2) is 6.44. The van der Waals surface area contributed by atoms with Gasteiger partial charge >= 0.3 is 0 Å². The number of methoxy groups -OCH3 is 1. The van der Waals surface area contributed by atoms with Crippen LogP contribution < -0.4 is 15.5 Å². The quantitative estimate of drug-likeness (QED) is 0.560. The largest absolute Gasteiger partial charge is 0.497 e. The maximum atomic E-state index is 12.6. The summed E-state index contributed by atoms with van der Waals surface area (Å²) in [5.41, 5.74) is 0.0693. The minimum absolute atomic E-state index is 0.104. The number of aromatic nitrogens is 1. The number of aromatic amines is 1. The third kappa shape index (κ3) is 3.18. The maximum absolute atomic E-state index is 12.6. The molecule has 126 valence electrons. The van der Waals surface area contributed by atoms with Crippen LogP contribution >= 0.6 is 0 Å². The molecule has 0 bridgehead atoms. The Labute approximate surface area is 141 Å². The molecule has 0 atom stereocenters. The number of amides is 1. The summed E-state index contributed by atoms with van der Waals surface area (Å²) in [6.45, 7) is 0. The van der Waals surface area contributed by atoms with E-state index in [4.69, 9.17) is 4.74 Å². The number of ether oxygens (including phenoxy) is 1. The molecule has 2 aromatic carbocycles. The van der Waals surface area contributed by atoms with Gasteiger partial charge in [-0.3, -0.25) is 19.7 Å². The molecule has 1 aromatic heterocycles. The topological polar surface area (TPSA) is 114 Å². The molecule has 1 amide bonds. The zero-order chi connectivity index (χ0) is 18.0. The van der Waals surface area contributed by atoms with Gasteiger partial charge in [-0.25, -0.2) is 0 Å². The average molecular weight is 339 g/mol. The highest BCUT2D eigenvalue weighted by molar-refractivity contribution is 6.05. The second-order valence-corrected chi connectivity index (χ2v) is 5.20. The minimum atomic E-state index is -0.661. The summed E-state index contributed by atoms with van der Waals surface area (Å²) >= 11 is 0. The number of non-ortho nitro benzene ring substituents is 1.